The summed E-state index contributed by atoms with van der Waals surface area (Å²) >= 11 is 5.31. The van der Waals surface area contributed by atoms with Crippen molar-refractivity contribution in [2.75, 3.05) is 18.4 Å². The Morgan fingerprint density at radius 1 is 1.08 bits per heavy atom. The lowest BCUT2D eigenvalue weighted by Gasteiger charge is -2.10. The van der Waals surface area contributed by atoms with Crippen LogP contribution in [0.5, 0.6) is 0 Å². The van der Waals surface area contributed by atoms with E-state index in [4.69, 9.17) is 12.2 Å². The lowest BCUT2D eigenvalue weighted by atomic mass is 10.0. The minimum Gasteiger partial charge on any atom is -0.363 e. The van der Waals surface area contributed by atoms with Crippen LogP contribution in [-0.4, -0.2) is 40.0 Å². The van der Waals surface area contributed by atoms with Gasteiger partial charge >= 0.3 is 0 Å². The number of aryl methyl sites for hydroxylation is 1. The molecule has 0 radical (unpaired) electrons. The van der Waals surface area contributed by atoms with Crippen LogP contribution in [0.25, 0.3) is 11.6 Å². The number of H-pyrrole nitrogens is 1. The zero-order valence-corrected chi connectivity index (χ0v) is 22.9. The number of amides is 2. The van der Waals surface area contributed by atoms with Crippen molar-refractivity contribution in [1.29, 1.82) is 0 Å². The third kappa shape index (κ3) is 7.29. The second kappa shape index (κ2) is 13.1. The van der Waals surface area contributed by atoms with Gasteiger partial charge in [0.1, 0.15) is 5.82 Å². The largest absolute Gasteiger partial charge is 0.363 e. The van der Waals surface area contributed by atoms with E-state index < -0.39 is 5.82 Å². The number of hydrogen-bond acceptors (Lipinski definition) is 4. The first-order chi connectivity index (χ1) is 18.8. The Kier molecular flexibility index (Phi) is 9.43. The molecule has 2 aromatic heterocycles. The Labute approximate surface area is 232 Å². The van der Waals surface area contributed by atoms with Gasteiger partial charge in [0.05, 0.1) is 11.1 Å². The van der Waals surface area contributed by atoms with Crippen LogP contribution in [0.2, 0.25) is 0 Å². The molecule has 0 aliphatic carbocycles. The number of fused-ring (bicyclic) bond motifs is 1. The summed E-state index contributed by atoms with van der Waals surface area (Å²) in [6, 6.07) is 8.08. The molecule has 1 aliphatic rings. The van der Waals surface area contributed by atoms with Gasteiger partial charge in [0.25, 0.3) is 11.8 Å². The van der Waals surface area contributed by atoms with Crippen LogP contribution in [0, 0.1) is 19.7 Å². The summed E-state index contributed by atoms with van der Waals surface area (Å²) in [5.74, 6) is -0.865. The lowest BCUT2D eigenvalue weighted by Crippen LogP contribution is -2.35. The van der Waals surface area contributed by atoms with E-state index in [0.29, 0.717) is 52.0 Å². The third-order valence-electron chi connectivity index (χ3n) is 6.61. The van der Waals surface area contributed by atoms with Crippen LogP contribution in [0.15, 0.2) is 42.7 Å². The van der Waals surface area contributed by atoms with E-state index in [-0.39, 0.29) is 11.8 Å². The first kappa shape index (κ1) is 28.0. The monoisotopic (exact) mass is 548 g/mol. The van der Waals surface area contributed by atoms with Crippen LogP contribution in [0.3, 0.4) is 0 Å². The number of hydrogen-bond donors (Lipinski definition) is 5. The molecular weight excluding hydrogens is 515 g/mol. The fourth-order valence-electron chi connectivity index (χ4n) is 4.55. The van der Waals surface area contributed by atoms with Crippen molar-refractivity contribution >= 4 is 46.5 Å². The fourth-order valence-corrected chi connectivity index (χ4v) is 4.72. The summed E-state index contributed by atoms with van der Waals surface area (Å²) in [6.45, 7) is 5.68. The first-order valence-corrected chi connectivity index (χ1v) is 13.4. The SMILES string of the molecule is Cc1[nH]c(/C=C2\C(=O)Nc3ccc(F)cc32)c(C)c1C(=O)NCCCCCCNC(=S)NCc1cccnc1. The van der Waals surface area contributed by atoms with E-state index in [0.717, 1.165) is 43.4 Å². The highest BCUT2D eigenvalue weighted by atomic mass is 32.1. The molecule has 204 valence electrons. The van der Waals surface area contributed by atoms with Crippen LogP contribution in [0.1, 0.15) is 64.1 Å². The average Bonchev–Trinajstić information content (AvgIpc) is 3.38. The molecule has 0 bridgehead atoms. The maximum absolute atomic E-state index is 13.8. The number of aromatic amines is 1. The van der Waals surface area contributed by atoms with Gasteiger partial charge in [-0.2, -0.15) is 0 Å². The van der Waals surface area contributed by atoms with Crippen molar-refractivity contribution in [2.45, 2.75) is 46.1 Å². The molecule has 10 heteroatoms. The van der Waals surface area contributed by atoms with Gasteiger partial charge in [-0.05, 0) is 80.4 Å². The molecule has 0 spiro atoms. The number of aromatic nitrogens is 2. The molecule has 1 aliphatic heterocycles. The Balaban J connectivity index is 1.18. The molecule has 0 unspecified atom stereocenters. The summed E-state index contributed by atoms with van der Waals surface area (Å²) in [4.78, 5) is 32.6. The second-order valence-corrected chi connectivity index (χ2v) is 9.91. The smallest absolute Gasteiger partial charge is 0.256 e. The third-order valence-corrected chi connectivity index (χ3v) is 6.90. The zero-order chi connectivity index (χ0) is 27.8. The summed E-state index contributed by atoms with van der Waals surface area (Å²) in [5, 5.41) is 12.8. The van der Waals surface area contributed by atoms with Gasteiger partial charge in [-0.3, -0.25) is 14.6 Å². The molecule has 3 heterocycles. The van der Waals surface area contributed by atoms with Gasteiger partial charge in [0, 0.05) is 54.7 Å². The van der Waals surface area contributed by atoms with Gasteiger partial charge in [-0.15, -0.1) is 0 Å². The predicted molar refractivity (Wildman–Crippen MR) is 156 cm³/mol. The Bertz CT molecular complexity index is 1390. The number of pyridine rings is 1. The van der Waals surface area contributed by atoms with Gasteiger partial charge in [0.15, 0.2) is 5.11 Å². The highest BCUT2D eigenvalue weighted by Crippen LogP contribution is 2.34. The number of benzene rings is 1. The second-order valence-electron chi connectivity index (χ2n) is 9.51. The van der Waals surface area contributed by atoms with Crippen LogP contribution in [-0.2, 0) is 11.3 Å². The number of carbonyl (C=O) groups excluding carboxylic acids is 2. The molecule has 0 atom stereocenters. The Hall–Kier alpha value is -4.05. The molecule has 1 aromatic carbocycles. The number of halogens is 1. The van der Waals surface area contributed by atoms with E-state index in [1.54, 1.807) is 18.3 Å². The minimum absolute atomic E-state index is 0.153. The number of anilines is 1. The van der Waals surface area contributed by atoms with Gasteiger partial charge in [-0.25, -0.2) is 4.39 Å². The van der Waals surface area contributed by atoms with Gasteiger partial charge in [0.2, 0.25) is 0 Å². The highest BCUT2D eigenvalue weighted by Gasteiger charge is 2.26. The van der Waals surface area contributed by atoms with E-state index >= 15 is 0 Å². The molecule has 0 saturated carbocycles. The molecular formula is C29H33FN6O2S. The molecule has 8 nitrogen and oxygen atoms in total. The van der Waals surface area contributed by atoms with E-state index in [1.807, 2.05) is 32.2 Å². The van der Waals surface area contributed by atoms with Crippen LogP contribution >= 0.6 is 12.2 Å². The van der Waals surface area contributed by atoms with Crippen molar-refractivity contribution in [3.63, 3.8) is 0 Å². The topological polar surface area (TPSA) is 111 Å². The van der Waals surface area contributed by atoms with Crippen molar-refractivity contribution in [1.82, 2.24) is 25.9 Å². The van der Waals surface area contributed by atoms with Crippen molar-refractivity contribution in [3.05, 3.63) is 82.2 Å². The van der Waals surface area contributed by atoms with Crippen molar-refractivity contribution in [2.24, 2.45) is 0 Å². The summed E-state index contributed by atoms with van der Waals surface area (Å²) in [6.07, 6.45) is 9.10. The number of thiocarbonyl (C=S) groups is 1. The quantitative estimate of drug-likeness (QED) is 0.136. The average molecular weight is 549 g/mol. The van der Waals surface area contributed by atoms with E-state index in [2.05, 4.69) is 31.2 Å². The predicted octanol–water partition coefficient (Wildman–Crippen LogP) is 4.61. The molecule has 0 fully saturated rings. The summed E-state index contributed by atoms with van der Waals surface area (Å²) in [5.41, 5.74) is 5.20. The maximum Gasteiger partial charge on any atom is 0.256 e. The highest BCUT2D eigenvalue weighted by molar-refractivity contribution is 7.80. The number of nitrogens with zero attached hydrogens (tertiary/aromatic N) is 1. The molecule has 39 heavy (non-hydrogen) atoms. The summed E-state index contributed by atoms with van der Waals surface area (Å²) < 4.78 is 13.8. The Morgan fingerprint density at radius 2 is 1.85 bits per heavy atom. The van der Waals surface area contributed by atoms with E-state index in [9.17, 15) is 14.0 Å². The van der Waals surface area contributed by atoms with E-state index in [1.165, 1.54) is 12.1 Å². The van der Waals surface area contributed by atoms with Crippen molar-refractivity contribution < 1.29 is 14.0 Å². The normalized spacial score (nSPS) is 13.2. The molecule has 2 amide bonds. The molecule has 4 rings (SSSR count). The van der Waals surface area contributed by atoms with Crippen LogP contribution in [0.4, 0.5) is 10.1 Å². The maximum atomic E-state index is 13.8. The molecule has 0 saturated heterocycles. The molecule has 3 aromatic rings. The van der Waals surface area contributed by atoms with Crippen LogP contribution < -0.4 is 21.3 Å². The standard InChI is InChI=1S/C29H33FN6O2S/c1-18-25(15-23-22-14-21(30)9-10-24(22)36-27(23)37)35-19(2)26(18)28(38)32-12-5-3-4-6-13-33-29(39)34-17-20-8-7-11-31-16-20/h7-11,14-16,35H,3-6,12-13,17H2,1-2H3,(H,32,38)(H,36,37)(H2,33,34,39)/b23-15-. The number of unbranched alkanes of at least 4 members (excludes halogenated alkanes) is 3. The fraction of sp³-hybridized carbons (Fsp3) is 0.310. The number of rotatable bonds is 11. The van der Waals surface area contributed by atoms with Gasteiger partial charge < -0.3 is 26.3 Å². The summed E-state index contributed by atoms with van der Waals surface area (Å²) in [7, 11) is 0. The number of nitrogens with one attached hydrogen (secondary N) is 5. The molecule has 5 N–H and O–H groups in total. The zero-order valence-electron chi connectivity index (χ0n) is 22.1. The first-order valence-electron chi connectivity index (χ1n) is 13.0. The Morgan fingerprint density at radius 3 is 2.59 bits per heavy atom. The number of carbonyl (C=O) groups is 2. The minimum atomic E-state index is -0.413. The lowest BCUT2D eigenvalue weighted by molar-refractivity contribution is -0.110. The van der Waals surface area contributed by atoms with Crippen molar-refractivity contribution in [3.8, 4) is 0 Å². The van der Waals surface area contributed by atoms with Gasteiger partial charge in [-0.1, -0.05) is 18.9 Å².